The standard InChI is InChI=1S/C12H13NO3/c14-8-4-3-7-13-11(15)9-5-1-2-6-10(9)12(13)16/h1-2,5-6,8,15-16H,3-4,7H2. The van der Waals surface area contributed by atoms with Crippen LogP contribution in [0, 0.1) is 0 Å². The molecule has 0 saturated carbocycles. The van der Waals surface area contributed by atoms with Crippen LogP contribution in [0.4, 0.5) is 0 Å². The summed E-state index contributed by atoms with van der Waals surface area (Å²) in [5.74, 6) is 0.109. The topological polar surface area (TPSA) is 62.5 Å². The zero-order valence-corrected chi connectivity index (χ0v) is 8.76. The van der Waals surface area contributed by atoms with E-state index in [0.29, 0.717) is 30.2 Å². The van der Waals surface area contributed by atoms with Gasteiger partial charge in [0.2, 0.25) is 11.8 Å². The lowest BCUT2D eigenvalue weighted by molar-refractivity contribution is -0.108. The van der Waals surface area contributed by atoms with E-state index in [9.17, 15) is 15.0 Å². The first kappa shape index (κ1) is 10.5. The van der Waals surface area contributed by atoms with Crippen molar-refractivity contribution in [1.29, 1.82) is 0 Å². The number of rotatable bonds is 4. The van der Waals surface area contributed by atoms with E-state index in [0.717, 1.165) is 6.29 Å². The molecule has 2 rings (SSSR count). The number of aromatic hydroxyl groups is 2. The lowest BCUT2D eigenvalue weighted by Crippen LogP contribution is -1.96. The van der Waals surface area contributed by atoms with Gasteiger partial charge in [-0.2, -0.15) is 0 Å². The number of nitrogens with zero attached hydrogens (tertiary/aromatic N) is 1. The van der Waals surface area contributed by atoms with E-state index in [1.54, 1.807) is 24.3 Å². The Kier molecular flexibility index (Phi) is 2.81. The highest BCUT2D eigenvalue weighted by Crippen LogP contribution is 2.35. The van der Waals surface area contributed by atoms with Crippen molar-refractivity contribution in [2.24, 2.45) is 0 Å². The molecular weight excluding hydrogens is 206 g/mol. The fourth-order valence-electron chi connectivity index (χ4n) is 1.81. The minimum Gasteiger partial charge on any atom is -0.494 e. The molecular formula is C12H13NO3. The number of fused-ring (bicyclic) bond motifs is 1. The van der Waals surface area contributed by atoms with Gasteiger partial charge in [0, 0.05) is 23.7 Å². The summed E-state index contributed by atoms with van der Waals surface area (Å²) >= 11 is 0. The highest BCUT2D eigenvalue weighted by atomic mass is 16.3. The predicted octanol–water partition coefficient (Wildman–Crippen LogP) is 2.03. The number of carbonyl (C=O) groups is 1. The number of aldehydes is 1. The predicted molar refractivity (Wildman–Crippen MR) is 60.6 cm³/mol. The van der Waals surface area contributed by atoms with Crippen molar-refractivity contribution in [1.82, 2.24) is 4.57 Å². The molecule has 4 heteroatoms. The summed E-state index contributed by atoms with van der Waals surface area (Å²) in [7, 11) is 0. The van der Waals surface area contributed by atoms with Crippen LogP contribution in [0.25, 0.3) is 10.8 Å². The van der Waals surface area contributed by atoms with Gasteiger partial charge in [-0.3, -0.25) is 4.57 Å². The third-order valence-electron chi connectivity index (χ3n) is 2.62. The molecule has 1 heterocycles. The van der Waals surface area contributed by atoms with Crippen LogP contribution in [0.2, 0.25) is 0 Å². The fourth-order valence-corrected chi connectivity index (χ4v) is 1.81. The molecule has 1 aromatic heterocycles. The molecule has 1 aromatic carbocycles. The molecule has 84 valence electrons. The summed E-state index contributed by atoms with van der Waals surface area (Å²) in [4.78, 5) is 10.2. The van der Waals surface area contributed by atoms with Gasteiger partial charge in [-0.25, -0.2) is 0 Å². The Labute approximate surface area is 92.7 Å². The van der Waals surface area contributed by atoms with E-state index in [1.165, 1.54) is 4.57 Å². The van der Waals surface area contributed by atoms with Crippen LogP contribution < -0.4 is 0 Å². The monoisotopic (exact) mass is 219 g/mol. The van der Waals surface area contributed by atoms with Gasteiger partial charge >= 0.3 is 0 Å². The molecule has 2 N–H and O–H groups in total. The number of aromatic nitrogens is 1. The maximum Gasteiger partial charge on any atom is 0.202 e. The zero-order valence-electron chi connectivity index (χ0n) is 8.76. The first-order valence-electron chi connectivity index (χ1n) is 5.18. The molecule has 0 radical (unpaired) electrons. The van der Waals surface area contributed by atoms with Crippen molar-refractivity contribution in [2.75, 3.05) is 0 Å². The maximum atomic E-state index is 10.2. The second kappa shape index (κ2) is 4.26. The van der Waals surface area contributed by atoms with Gasteiger partial charge in [-0.1, -0.05) is 12.1 Å². The number of hydrogen-bond acceptors (Lipinski definition) is 3. The average molecular weight is 219 g/mol. The average Bonchev–Trinajstić information content (AvgIpc) is 2.55. The van der Waals surface area contributed by atoms with Crippen molar-refractivity contribution < 1.29 is 15.0 Å². The van der Waals surface area contributed by atoms with Crippen LogP contribution in [0.1, 0.15) is 12.8 Å². The number of benzene rings is 1. The second-order valence-corrected chi connectivity index (χ2v) is 3.65. The van der Waals surface area contributed by atoms with Gasteiger partial charge in [0.15, 0.2) is 0 Å². The van der Waals surface area contributed by atoms with Crippen LogP contribution in [-0.4, -0.2) is 21.1 Å². The number of hydrogen-bond donors (Lipinski definition) is 2. The molecule has 0 fully saturated rings. The summed E-state index contributed by atoms with van der Waals surface area (Å²) < 4.78 is 1.42. The summed E-state index contributed by atoms with van der Waals surface area (Å²) in [6.07, 6.45) is 1.86. The van der Waals surface area contributed by atoms with E-state index >= 15 is 0 Å². The Hall–Kier alpha value is -1.97. The van der Waals surface area contributed by atoms with E-state index in [1.807, 2.05) is 0 Å². The third-order valence-corrected chi connectivity index (χ3v) is 2.62. The fraction of sp³-hybridized carbons (Fsp3) is 0.250. The Bertz CT molecular complexity index is 477. The first-order valence-corrected chi connectivity index (χ1v) is 5.18. The SMILES string of the molecule is O=CCCCn1c(O)c2ccccc2c1O. The summed E-state index contributed by atoms with van der Waals surface area (Å²) in [6.45, 7) is 0.436. The van der Waals surface area contributed by atoms with Gasteiger partial charge < -0.3 is 15.0 Å². The first-order chi connectivity index (χ1) is 7.75. The van der Waals surface area contributed by atoms with Gasteiger partial charge in [0.05, 0.1) is 0 Å². The Balaban J connectivity index is 2.40. The van der Waals surface area contributed by atoms with Crippen molar-refractivity contribution in [3.05, 3.63) is 24.3 Å². The molecule has 2 aromatic rings. The molecule has 16 heavy (non-hydrogen) atoms. The molecule has 0 atom stereocenters. The molecule has 0 aliphatic heterocycles. The third kappa shape index (κ3) is 1.62. The highest BCUT2D eigenvalue weighted by Gasteiger charge is 2.14. The van der Waals surface area contributed by atoms with E-state index in [4.69, 9.17) is 0 Å². The molecule has 4 nitrogen and oxygen atoms in total. The van der Waals surface area contributed by atoms with Gasteiger partial charge in [-0.15, -0.1) is 0 Å². The molecule has 0 unspecified atom stereocenters. The van der Waals surface area contributed by atoms with Crippen LogP contribution in [0.3, 0.4) is 0 Å². The zero-order chi connectivity index (χ0) is 11.5. The van der Waals surface area contributed by atoms with Crippen molar-refractivity contribution in [2.45, 2.75) is 19.4 Å². The molecule has 0 amide bonds. The lowest BCUT2D eigenvalue weighted by atomic mass is 10.2. The van der Waals surface area contributed by atoms with Crippen LogP contribution in [-0.2, 0) is 11.3 Å². The number of unbranched alkanes of at least 4 members (excludes halogenated alkanes) is 1. The van der Waals surface area contributed by atoms with Gasteiger partial charge in [-0.05, 0) is 18.6 Å². The summed E-state index contributed by atoms with van der Waals surface area (Å²) in [6, 6.07) is 7.11. The molecule has 0 spiro atoms. The Morgan fingerprint density at radius 3 is 2.19 bits per heavy atom. The summed E-state index contributed by atoms with van der Waals surface area (Å²) in [5.41, 5.74) is 0. The molecule has 0 saturated heterocycles. The number of carbonyl (C=O) groups excluding carboxylic acids is 1. The van der Waals surface area contributed by atoms with Gasteiger partial charge in [0.25, 0.3) is 0 Å². The van der Waals surface area contributed by atoms with Crippen LogP contribution in [0.5, 0.6) is 11.8 Å². The maximum absolute atomic E-state index is 10.2. The van der Waals surface area contributed by atoms with Crippen LogP contribution in [0.15, 0.2) is 24.3 Å². The van der Waals surface area contributed by atoms with Crippen molar-refractivity contribution >= 4 is 17.1 Å². The van der Waals surface area contributed by atoms with Crippen LogP contribution >= 0.6 is 0 Å². The Morgan fingerprint density at radius 2 is 1.69 bits per heavy atom. The van der Waals surface area contributed by atoms with Crippen molar-refractivity contribution in [3.8, 4) is 11.8 Å². The minimum atomic E-state index is 0.0546. The van der Waals surface area contributed by atoms with E-state index in [2.05, 4.69) is 0 Å². The summed E-state index contributed by atoms with van der Waals surface area (Å²) in [5, 5.41) is 21.0. The quantitative estimate of drug-likeness (QED) is 0.611. The lowest BCUT2D eigenvalue weighted by Gasteiger charge is -2.04. The normalized spacial score (nSPS) is 10.8. The molecule has 0 aliphatic rings. The molecule has 0 bridgehead atoms. The second-order valence-electron chi connectivity index (χ2n) is 3.65. The Morgan fingerprint density at radius 1 is 1.12 bits per heavy atom. The minimum absolute atomic E-state index is 0.0546. The van der Waals surface area contributed by atoms with Gasteiger partial charge in [0.1, 0.15) is 6.29 Å². The van der Waals surface area contributed by atoms with E-state index in [-0.39, 0.29) is 11.8 Å². The molecule has 0 aliphatic carbocycles. The smallest absolute Gasteiger partial charge is 0.202 e. The van der Waals surface area contributed by atoms with E-state index < -0.39 is 0 Å². The highest BCUT2D eigenvalue weighted by molar-refractivity contribution is 5.92. The van der Waals surface area contributed by atoms with Crippen molar-refractivity contribution in [3.63, 3.8) is 0 Å². The largest absolute Gasteiger partial charge is 0.494 e.